The third kappa shape index (κ3) is 5.82. The highest BCUT2D eigenvalue weighted by Gasteiger charge is 2.08. The number of carbonyl (C=O) groups excluding carboxylic acids is 1. The first-order valence-electron chi connectivity index (χ1n) is 7.07. The number of hydrogen-bond donors (Lipinski definition) is 1. The second-order valence-electron chi connectivity index (χ2n) is 5.31. The molecule has 1 amide bonds. The second-order valence-corrected chi connectivity index (χ2v) is 6.15. The average Bonchev–Trinajstić information content (AvgIpc) is 2.48. The summed E-state index contributed by atoms with van der Waals surface area (Å²) in [5, 5.41) is 3.90. The Hall–Kier alpha value is -1.62. The Balaban J connectivity index is 1.80. The smallest absolute Gasteiger partial charge is 0.234 e. The van der Waals surface area contributed by atoms with Crippen LogP contribution < -0.4 is 5.32 Å². The largest absolute Gasteiger partial charge is 0.351 e. The quantitative estimate of drug-likeness (QED) is 0.853. The van der Waals surface area contributed by atoms with E-state index in [1.165, 1.54) is 12.1 Å². The lowest BCUT2D eigenvalue weighted by Gasteiger charge is -2.16. The van der Waals surface area contributed by atoms with Gasteiger partial charge < -0.3 is 5.32 Å². The molecule has 0 aliphatic carbocycles. The molecule has 0 aliphatic heterocycles. The topological polar surface area (TPSA) is 32.3 Å². The Morgan fingerprint density at radius 1 is 1.17 bits per heavy atom. The number of hydrogen-bond acceptors (Lipinski definition) is 2. The van der Waals surface area contributed by atoms with Crippen LogP contribution in [0.2, 0.25) is 10.0 Å². The molecule has 0 atom stereocenters. The van der Waals surface area contributed by atoms with Crippen molar-refractivity contribution in [3.8, 4) is 0 Å². The van der Waals surface area contributed by atoms with E-state index >= 15 is 0 Å². The summed E-state index contributed by atoms with van der Waals surface area (Å²) in [5.41, 5.74) is 1.76. The molecular formula is C17H17Cl2FN2O. The highest BCUT2D eigenvalue weighted by atomic mass is 35.5. The molecule has 0 fully saturated rings. The second kappa shape index (κ2) is 8.29. The molecule has 6 heteroatoms. The zero-order chi connectivity index (χ0) is 16.8. The summed E-state index contributed by atoms with van der Waals surface area (Å²) in [6.07, 6.45) is 0. The van der Waals surface area contributed by atoms with Crippen molar-refractivity contribution in [2.45, 2.75) is 13.1 Å². The van der Waals surface area contributed by atoms with Crippen molar-refractivity contribution in [1.29, 1.82) is 0 Å². The summed E-state index contributed by atoms with van der Waals surface area (Å²) < 4.78 is 12.9. The van der Waals surface area contributed by atoms with Gasteiger partial charge in [0.1, 0.15) is 5.82 Å². The number of benzene rings is 2. The minimum atomic E-state index is -0.269. The lowest BCUT2D eigenvalue weighted by Crippen LogP contribution is -2.34. The molecule has 0 aromatic heterocycles. The molecule has 1 N–H and O–H groups in total. The van der Waals surface area contributed by atoms with Gasteiger partial charge in [0, 0.05) is 23.1 Å². The normalized spacial score (nSPS) is 10.8. The van der Waals surface area contributed by atoms with E-state index in [0.717, 1.165) is 11.1 Å². The van der Waals surface area contributed by atoms with Gasteiger partial charge in [0.2, 0.25) is 5.91 Å². The molecule has 2 rings (SSSR count). The first-order valence-corrected chi connectivity index (χ1v) is 7.83. The van der Waals surface area contributed by atoms with Gasteiger partial charge in [0.05, 0.1) is 6.54 Å². The lowest BCUT2D eigenvalue weighted by molar-refractivity contribution is -0.122. The van der Waals surface area contributed by atoms with Gasteiger partial charge in [-0.15, -0.1) is 0 Å². The van der Waals surface area contributed by atoms with Gasteiger partial charge in [-0.1, -0.05) is 41.4 Å². The molecule has 122 valence electrons. The molecule has 2 aromatic carbocycles. The van der Waals surface area contributed by atoms with Crippen LogP contribution in [0.15, 0.2) is 42.5 Å². The molecule has 0 aliphatic rings. The van der Waals surface area contributed by atoms with Crippen LogP contribution in [0.5, 0.6) is 0 Å². The van der Waals surface area contributed by atoms with Crippen LogP contribution >= 0.6 is 23.2 Å². The predicted octanol–water partition coefficient (Wildman–Crippen LogP) is 3.88. The number of nitrogens with one attached hydrogen (secondary N) is 1. The molecule has 0 unspecified atom stereocenters. The maximum Gasteiger partial charge on any atom is 0.234 e. The van der Waals surface area contributed by atoms with Crippen LogP contribution in [-0.4, -0.2) is 24.4 Å². The van der Waals surface area contributed by atoms with Gasteiger partial charge in [0.25, 0.3) is 0 Å². The third-order valence-electron chi connectivity index (χ3n) is 3.27. The standard InChI is InChI=1S/C17H17Cl2FN2O/c1-22(10-12-2-6-15(20)7-3-12)11-17(23)21-9-13-4-5-14(18)8-16(13)19/h2-8H,9-11H2,1H3,(H,21,23). The fraction of sp³-hybridized carbons (Fsp3) is 0.235. The van der Waals surface area contributed by atoms with E-state index in [9.17, 15) is 9.18 Å². The third-order valence-corrected chi connectivity index (χ3v) is 3.86. The summed E-state index contributed by atoms with van der Waals surface area (Å²) in [6.45, 7) is 1.15. The molecule has 23 heavy (non-hydrogen) atoms. The van der Waals surface area contributed by atoms with Crippen molar-refractivity contribution in [1.82, 2.24) is 10.2 Å². The van der Waals surface area contributed by atoms with E-state index in [0.29, 0.717) is 23.1 Å². The zero-order valence-electron chi connectivity index (χ0n) is 12.7. The minimum absolute atomic E-state index is 0.111. The summed E-state index contributed by atoms with van der Waals surface area (Å²) in [6, 6.07) is 11.4. The molecule has 2 aromatic rings. The van der Waals surface area contributed by atoms with Gasteiger partial charge in [0.15, 0.2) is 0 Å². The minimum Gasteiger partial charge on any atom is -0.351 e. The summed E-state index contributed by atoms with van der Waals surface area (Å²) in [7, 11) is 1.83. The molecule has 0 saturated carbocycles. The van der Waals surface area contributed by atoms with Crippen molar-refractivity contribution in [3.63, 3.8) is 0 Å². The Kier molecular flexibility index (Phi) is 6.39. The van der Waals surface area contributed by atoms with Crippen molar-refractivity contribution < 1.29 is 9.18 Å². The Morgan fingerprint density at radius 2 is 1.87 bits per heavy atom. The fourth-order valence-electron chi connectivity index (χ4n) is 2.12. The Morgan fingerprint density at radius 3 is 2.52 bits per heavy atom. The number of nitrogens with zero attached hydrogens (tertiary/aromatic N) is 1. The first kappa shape index (κ1) is 17.7. The van der Waals surface area contributed by atoms with Gasteiger partial charge in [-0.05, 0) is 42.4 Å². The van der Waals surface area contributed by atoms with Crippen LogP contribution in [0.3, 0.4) is 0 Å². The highest BCUT2D eigenvalue weighted by Crippen LogP contribution is 2.20. The molecule has 0 heterocycles. The van der Waals surface area contributed by atoms with Gasteiger partial charge in [-0.2, -0.15) is 0 Å². The first-order chi connectivity index (χ1) is 10.9. The van der Waals surface area contributed by atoms with Crippen molar-refractivity contribution in [2.24, 2.45) is 0 Å². The average molecular weight is 355 g/mol. The van der Waals surface area contributed by atoms with E-state index in [-0.39, 0.29) is 18.3 Å². The van der Waals surface area contributed by atoms with E-state index in [1.807, 2.05) is 11.9 Å². The molecule has 0 spiro atoms. The van der Waals surface area contributed by atoms with Crippen molar-refractivity contribution in [3.05, 3.63) is 69.5 Å². The number of carbonyl (C=O) groups is 1. The Bertz CT molecular complexity index is 677. The molecule has 0 saturated heterocycles. The van der Waals surface area contributed by atoms with Crippen LogP contribution in [0.25, 0.3) is 0 Å². The van der Waals surface area contributed by atoms with E-state index in [1.54, 1.807) is 30.3 Å². The van der Waals surface area contributed by atoms with Crippen molar-refractivity contribution >= 4 is 29.1 Å². The number of rotatable bonds is 6. The van der Waals surface area contributed by atoms with E-state index < -0.39 is 0 Å². The SMILES string of the molecule is CN(CC(=O)NCc1ccc(Cl)cc1Cl)Cc1ccc(F)cc1. The highest BCUT2D eigenvalue weighted by molar-refractivity contribution is 6.35. The number of amides is 1. The molecule has 0 bridgehead atoms. The van der Waals surface area contributed by atoms with Gasteiger partial charge in [-0.25, -0.2) is 4.39 Å². The van der Waals surface area contributed by atoms with E-state index in [2.05, 4.69) is 5.32 Å². The van der Waals surface area contributed by atoms with Crippen LogP contribution in [-0.2, 0) is 17.9 Å². The van der Waals surface area contributed by atoms with E-state index in [4.69, 9.17) is 23.2 Å². The van der Waals surface area contributed by atoms with Gasteiger partial charge in [-0.3, -0.25) is 9.69 Å². The zero-order valence-corrected chi connectivity index (χ0v) is 14.2. The molecular weight excluding hydrogens is 338 g/mol. The number of likely N-dealkylation sites (N-methyl/N-ethyl adjacent to an activating group) is 1. The summed E-state index contributed by atoms with van der Waals surface area (Å²) >= 11 is 11.9. The molecule has 0 radical (unpaired) electrons. The van der Waals surface area contributed by atoms with Crippen LogP contribution in [0.1, 0.15) is 11.1 Å². The van der Waals surface area contributed by atoms with Crippen molar-refractivity contribution in [2.75, 3.05) is 13.6 Å². The predicted molar refractivity (Wildman–Crippen MR) is 91.0 cm³/mol. The summed E-state index contributed by atoms with van der Waals surface area (Å²) in [4.78, 5) is 13.8. The maximum absolute atomic E-state index is 12.9. The lowest BCUT2D eigenvalue weighted by atomic mass is 10.2. The Labute approximate surface area is 145 Å². The van der Waals surface area contributed by atoms with Gasteiger partial charge >= 0.3 is 0 Å². The molecule has 3 nitrogen and oxygen atoms in total. The maximum atomic E-state index is 12.9. The summed E-state index contributed by atoms with van der Waals surface area (Å²) in [5.74, 6) is -0.380. The monoisotopic (exact) mass is 354 g/mol. The van der Waals surface area contributed by atoms with Crippen LogP contribution in [0.4, 0.5) is 4.39 Å². The number of halogens is 3. The van der Waals surface area contributed by atoms with Crippen LogP contribution in [0, 0.1) is 5.82 Å². The fourth-order valence-corrected chi connectivity index (χ4v) is 2.59.